The van der Waals surface area contributed by atoms with Crippen LogP contribution in [0.5, 0.6) is 0 Å². The molecule has 0 radical (unpaired) electrons. The SMILES string of the molecule is FC(F)(F)c1cccc(-c2ccc3c(n2)N[C@H]2CCN3C2)c1.O=C(NCc1ncc(-c2cccc(NC(=O)N3c4nc(-c5cccc(C(F)(F)F)c5)ccc4N4CC[C@H]3C4)c2)o1)OCc1ccccc1. The molecule has 3 amide bonds. The predicted molar refractivity (Wildman–Crippen MR) is 251 cm³/mol. The topological polar surface area (TPSA) is 141 Å². The van der Waals surface area contributed by atoms with Gasteiger partial charge in [-0.05, 0) is 79.1 Å². The minimum absolute atomic E-state index is 0.0202. The Labute approximate surface area is 397 Å². The molecule has 7 aromatic rings. The first kappa shape index (κ1) is 45.7. The van der Waals surface area contributed by atoms with Crippen molar-refractivity contribution in [1.82, 2.24) is 20.3 Å². The number of benzene rings is 4. The molecular formula is C51H43F6N9O4. The van der Waals surface area contributed by atoms with E-state index in [0.717, 1.165) is 79.5 Å². The fourth-order valence-electron chi connectivity index (χ4n) is 8.99. The molecular weight excluding hydrogens is 917 g/mol. The summed E-state index contributed by atoms with van der Waals surface area (Å²) in [6.07, 6.45) is -6.12. The lowest BCUT2D eigenvalue weighted by Crippen LogP contribution is -2.48. The van der Waals surface area contributed by atoms with Crippen molar-refractivity contribution in [3.63, 3.8) is 0 Å². The van der Waals surface area contributed by atoms with E-state index in [-0.39, 0.29) is 25.1 Å². The van der Waals surface area contributed by atoms with Crippen LogP contribution in [0.25, 0.3) is 33.8 Å². The summed E-state index contributed by atoms with van der Waals surface area (Å²) in [5.41, 5.74) is 4.04. The summed E-state index contributed by atoms with van der Waals surface area (Å²) < 4.78 is 89.7. The summed E-state index contributed by atoms with van der Waals surface area (Å²) in [5.74, 6) is 1.86. The number of hydrogen-bond acceptors (Lipinski definition) is 10. The highest BCUT2D eigenvalue weighted by Gasteiger charge is 2.41. The zero-order valence-corrected chi connectivity index (χ0v) is 37.1. The highest BCUT2D eigenvalue weighted by Crippen LogP contribution is 2.42. The number of carbonyl (C=O) groups excluding carboxylic acids is 2. The van der Waals surface area contributed by atoms with Crippen molar-refractivity contribution in [2.75, 3.05) is 51.5 Å². The molecule has 4 bridgehead atoms. The summed E-state index contributed by atoms with van der Waals surface area (Å²) in [4.78, 5) is 45.4. The molecule has 11 rings (SSSR count). The van der Waals surface area contributed by atoms with E-state index in [1.54, 1.807) is 59.5 Å². The number of pyridine rings is 2. The van der Waals surface area contributed by atoms with E-state index < -0.39 is 35.6 Å². The molecule has 7 heterocycles. The predicted octanol–water partition coefficient (Wildman–Crippen LogP) is 11.3. The first-order valence-electron chi connectivity index (χ1n) is 22.5. The van der Waals surface area contributed by atoms with E-state index >= 15 is 0 Å². The average molecular weight is 960 g/mol. The number of carbonyl (C=O) groups is 2. The van der Waals surface area contributed by atoms with Crippen molar-refractivity contribution >= 4 is 40.8 Å². The molecule has 2 atom stereocenters. The summed E-state index contributed by atoms with van der Waals surface area (Å²) >= 11 is 0. The summed E-state index contributed by atoms with van der Waals surface area (Å²) in [6, 6.07) is 33.7. The highest BCUT2D eigenvalue weighted by molar-refractivity contribution is 6.05. The first-order chi connectivity index (χ1) is 33.7. The van der Waals surface area contributed by atoms with Gasteiger partial charge in [0.2, 0.25) is 5.89 Å². The van der Waals surface area contributed by atoms with Gasteiger partial charge in [0.05, 0.1) is 52.7 Å². The maximum absolute atomic E-state index is 13.8. The zero-order valence-electron chi connectivity index (χ0n) is 37.1. The first-order valence-corrected chi connectivity index (χ1v) is 22.5. The lowest BCUT2D eigenvalue weighted by Gasteiger charge is -2.36. The van der Waals surface area contributed by atoms with Crippen LogP contribution in [-0.4, -0.2) is 65.3 Å². The number of amides is 3. The molecule has 2 saturated heterocycles. The molecule has 0 saturated carbocycles. The van der Waals surface area contributed by atoms with Gasteiger partial charge in [-0.25, -0.2) is 24.5 Å². The summed E-state index contributed by atoms with van der Waals surface area (Å²) in [5, 5.41) is 8.93. The third kappa shape index (κ3) is 9.90. The van der Waals surface area contributed by atoms with Gasteiger partial charge < -0.3 is 34.9 Å². The quantitative estimate of drug-likeness (QED) is 0.126. The Morgan fingerprint density at radius 3 is 2.10 bits per heavy atom. The molecule has 0 spiro atoms. The van der Waals surface area contributed by atoms with Gasteiger partial charge >= 0.3 is 24.5 Å². The van der Waals surface area contributed by atoms with Crippen molar-refractivity contribution in [3.05, 3.63) is 156 Å². The van der Waals surface area contributed by atoms with Gasteiger partial charge in [-0.1, -0.05) is 66.7 Å². The number of fused-ring (bicyclic) bond motifs is 8. The lowest BCUT2D eigenvalue weighted by molar-refractivity contribution is -0.138. The number of hydrogen-bond donors (Lipinski definition) is 3. The second-order valence-corrected chi connectivity index (χ2v) is 17.1. The molecule has 3 aromatic heterocycles. The molecule has 70 heavy (non-hydrogen) atoms. The number of urea groups is 1. The van der Waals surface area contributed by atoms with Crippen molar-refractivity contribution in [2.24, 2.45) is 0 Å². The third-order valence-electron chi connectivity index (χ3n) is 12.4. The fourth-order valence-corrected chi connectivity index (χ4v) is 8.99. The van der Waals surface area contributed by atoms with Gasteiger partial charge in [-0.2, -0.15) is 26.3 Å². The molecule has 4 aliphatic rings. The van der Waals surface area contributed by atoms with Crippen LogP contribution >= 0.6 is 0 Å². The Morgan fingerprint density at radius 1 is 0.714 bits per heavy atom. The number of rotatable bonds is 8. The van der Waals surface area contributed by atoms with Crippen LogP contribution in [0.15, 0.2) is 138 Å². The van der Waals surface area contributed by atoms with Crippen molar-refractivity contribution in [2.45, 2.75) is 50.4 Å². The van der Waals surface area contributed by atoms with E-state index in [1.807, 2.05) is 36.4 Å². The smallest absolute Gasteiger partial charge is 0.416 e. The highest BCUT2D eigenvalue weighted by atomic mass is 19.4. The molecule has 0 unspecified atom stereocenters. The largest absolute Gasteiger partial charge is 0.445 e. The number of nitrogens with zero attached hydrogens (tertiary/aromatic N) is 6. The Morgan fingerprint density at radius 2 is 1.37 bits per heavy atom. The Bertz CT molecular complexity index is 3060. The molecule has 4 aromatic carbocycles. The molecule has 13 nitrogen and oxygen atoms in total. The van der Waals surface area contributed by atoms with Gasteiger partial charge in [-0.15, -0.1) is 0 Å². The molecule has 358 valence electrons. The van der Waals surface area contributed by atoms with Crippen LogP contribution in [0, 0.1) is 0 Å². The van der Waals surface area contributed by atoms with Gasteiger partial charge in [0.15, 0.2) is 17.4 Å². The Balaban J connectivity index is 0.000000214. The van der Waals surface area contributed by atoms with Crippen LogP contribution in [0.1, 0.15) is 35.4 Å². The fraction of sp³-hybridized carbons (Fsp3) is 0.235. The molecule has 2 fully saturated rings. The maximum atomic E-state index is 13.8. The van der Waals surface area contributed by atoms with Crippen molar-refractivity contribution in [3.8, 4) is 33.8 Å². The van der Waals surface area contributed by atoms with Gasteiger partial charge in [0.25, 0.3) is 0 Å². The number of oxazole rings is 1. The zero-order chi connectivity index (χ0) is 48.6. The average Bonchev–Trinajstić information content (AvgIpc) is 4.12. The lowest BCUT2D eigenvalue weighted by atomic mass is 10.1. The molecule has 19 heteroatoms. The van der Waals surface area contributed by atoms with Crippen LogP contribution < -0.4 is 30.7 Å². The molecule has 3 N–H and O–H groups in total. The normalized spacial score (nSPS) is 16.6. The summed E-state index contributed by atoms with van der Waals surface area (Å²) in [7, 11) is 0. The van der Waals surface area contributed by atoms with Crippen LogP contribution in [-0.2, 0) is 30.2 Å². The van der Waals surface area contributed by atoms with E-state index in [2.05, 4.69) is 35.7 Å². The molecule has 4 aliphatic heterocycles. The minimum Gasteiger partial charge on any atom is -0.445 e. The minimum atomic E-state index is -4.49. The number of ether oxygens (including phenoxy) is 1. The van der Waals surface area contributed by atoms with E-state index in [0.29, 0.717) is 57.9 Å². The van der Waals surface area contributed by atoms with E-state index in [1.165, 1.54) is 18.3 Å². The number of alkyl carbamates (subject to hydrolysis) is 1. The van der Waals surface area contributed by atoms with E-state index in [4.69, 9.17) is 14.1 Å². The van der Waals surface area contributed by atoms with Crippen LogP contribution in [0.3, 0.4) is 0 Å². The second-order valence-electron chi connectivity index (χ2n) is 17.1. The van der Waals surface area contributed by atoms with Gasteiger partial charge in [-0.3, -0.25) is 4.90 Å². The number of aromatic nitrogens is 3. The van der Waals surface area contributed by atoms with Crippen LogP contribution in [0.4, 0.5) is 64.6 Å². The number of nitrogens with one attached hydrogen (secondary N) is 3. The third-order valence-corrected chi connectivity index (χ3v) is 12.4. The molecule has 0 aliphatic carbocycles. The van der Waals surface area contributed by atoms with Crippen LogP contribution in [0.2, 0.25) is 0 Å². The monoisotopic (exact) mass is 959 g/mol. The number of alkyl halides is 6. The number of anilines is 5. The maximum Gasteiger partial charge on any atom is 0.416 e. The Kier molecular flexibility index (Phi) is 12.3. The Hall–Kier alpha value is -8.09. The van der Waals surface area contributed by atoms with Gasteiger partial charge in [0.1, 0.15) is 6.61 Å². The summed E-state index contributed by atoms with van der Waals surface area (Å²) in [6.45, 7) is 3.48. The van der Waals surface area contributed by atoms with Gasteiger partial charge in [0, 0.05) is 54.6 Å². The van der Waals surface area contributed by atoms with Crippen molar-refractivity contribution < 1.29 is 45.1 Å². The van der Waals surface area contributed by atoms with E-state index in [9.17, 15) is 35.9 Å². The number of halogens is 6. The standard InChI is InChI=1S/C35H29F3N6O4.C16H14F3N3/c36-35(37,38)25-10-4-8-23(16-25)28-12-13-29-32(42-28)44(27-14-15-43(29)20-27)33(45)41-26-11-5-9-24(17-26)30-18-39-31(48-30)19-40-34(46)47-21-22-6-2-1-3-7-22;17-16(18,19)11-3-1-2-10(8-11)13-4-5-14-15(21-13)20-12-6-7-22(14)9-12/h1-13,16-18,27H,14-15,19-21H2,(H,40,46)(H,41,45);1-5,8,12H,6-7,9H2,(H,20,21)/t27-;12-/m00/s1. The second kappa shape index (κ2) is 18.8. The van der Waals surface area contributed by atoms with Crippen molar-refractivity contribution in [1.29, 1.82) is 0 Å².